The zero-order valence-electron chi connectivity index (χ0n) is 7.47. The smallest absolute Gasteiger partial charge is 0.153 e. The fourth-order valence-electron chi connectivity index (χ4n) is 0.939. The molecule has 6 heteroatoms. The van der Waals surface area contributed by atoms with E-state index in [1.54, 1.807) is 22.7 Å². The van der Waals surface area contributed by atoms with Crippen molar-refractivity contribution in [2.24, 2.45) is 0 Å². The maximum absolute atomic E-state index is 4.43. The molecule has 0 aliphatic heterocycles. The van der Waals surface area contributed by atoms with Gasteiger partial charge >= 0.3 is 0 Å². The van der Waals surface area contributed by atoms with Gasteiger partial charge in [-0.3, -0.25) is 0 Å². The van der Waals surface area contributed by atoms with E-state index < -0.39 is 0 Å². The van der Waals surface area contributed by atoms with Gasteiger partial charge in [0.1, 0.15) is 0 Å². The predicted octanol–water partition coefficient (Wildman–Crippen LogP) is 4.41. The molecule has 0 N–H and O–H groups in total. The number of halogens is 2. The van der Waals surface area contributed by atoms with Crippen molar-refractivity contribution >= 4 is 54.5 Å². The van der Waals surface area contributed by atoms with E-state index in [9.17, 15) is 0 Å². The highest BCUT2D eigenvalue weighted by Crippen LogP contribution is 2.36. The molecule has 0 saturated carbocycles. The summed E-state index contributed by atoms with van der Waals surface area (Å²) < 4.78 is 2.16. The fraction of sp³-hybridized carbons (Fsp3) is 0.250. The van der Waals surface area contributed by atoms with Crippen molar-refractivity contribution in [1.82, 2.24) is 9.97 Å². The Labute approximate surface area is 107 Å². The average Bonchev–Trinajstić information content (AvgIpc) is 2.60. The summed E-state index contributed by atoms with van der Waals surface area (Å²) in [6.07, 6.45) is 0. The number of rotatable bonds is 1. The molecular formula is C8H6Br2N2S2. The Hall–Kier alpha value is 0.220. The van der Waals surface area contributed by atoms with Crippen LogP contribution in [0.25, 0.3) is 10.0 Å². The van der Waals surface area contributed by atoms with Crippen LogP contribution in [0.4, 0.5) is 0 Å². The monoisotopic (exact) mass is 352 g/mol. The van der Waals surface area contributed by atoms with Crippen molar-refractivity contribution in [2.45, 2.75) is 13.8 Å². The molecule has 0 aromatic carbocycles. The lowest BCUT2D eigenvalue weighted by molar-refractivity contribution is 1.22. The van der Waals surface area contributed by atoms with E-state index in [0.717, 1.165) is 29.0 Å². The van der Waals surface area contributed by atoms with Gasteiger partial charge in [0.05, 0.1) is 19.0 Å². The summed E-state index contributed by atoms with van der Waals surface area (Å²) in [5.74, 6) is 0. The van der Waals surface area contributed by atoms with Crippen LogP contribution in [0.2, 0.25) is 0 Å². The molecule has 0 spiro atoms. The molecule has 2 heterocycles. The van der Waals surface area contributed by atoms with E-state index in [-0.39, 0.29) is 0 Å². The maximum atomic E-state index is 4.43. The fourth-order valence-corrected chi connectivity index (χ4v) is 3.64. The SMILES string of the molecule is Cc1nc(-c2nc(C)c(Br)s2)sc1Br. The van der Waals surface area contributed by atoms with E-state index >= 15 is 0 Å². The van der Waals surface area contributed by atoms with Crippen LogP contribution in [0, 0.1) is 13.8 Å². The molecule has 0 bridgehead atoms. The molecule has 0 unspecified atom stereocenters. The zero-order chi connectivity index (χ0) is 10.3. The van der Waals surface area contributed by atoms with Gasteiger partial charge in [0.2, 0.25) is 0 Å². The summed E-state index contributed by atoms with van der Waals surface area (Å²) in [6, 6.07) is 0. The summed E-state index contributed by atoms with van der Waals surface area (Å²) in [5.41, 5.74) is 2.04. The number of hydrogen-bond donors (Lipinski definition) is 0. The first-order chi connectivity index (χ1) is 6.58. The number of aryl methyl sites for hydroxylation is 2. The van der Waals surface area contributed by atoms with Crippen LogP contribution < -0.4 is 0 Å². The Kier molecular flexibility index (Phi) is 3.06. The van der Waals surface area contributed by atoms with Crippen LogP contribution in [0.15, 0.2) is 7.57 Å². The summed E-state index contributed by atoms with van der Waals surface area (Å²) in [5, 5.41) is 1.96. The van der Waals surface area contributed by atoms with Crippen molar-refractivity contribution in [1.29, 1.82) is 0 Å². The van der Waals surface area contributed by atoms with Gasteiger partial charge in [0.25, 0.3) is 0 Å². The van der Waals surface area contributed by atoms with E-state index in [0.29, 0.717) is 0 Å². The van der Waals surface area contributed by atoms with E-state index in [1.807, 2.05) is 13.8 Å². The lowest BCUT2D eigenvalue weighted by atomic mass is 10.5. The van der Waals surface area contributed by atoms with Crippen molar-refractivity contribution in [3.05, 3.63) is 19.0 Å². The topological polar surface area (TPSA) is 25.8 Å². The van der Waals surface area contributed by atoms with Gasteiger partial charge in [-0.15, -0.1) is 22.7 Å². The molecule has 14 heavy (non-hydrogen) atoms. The summed E-state index contributed by atoms with van der Waals surface area (Å²) >= 11 is 10.2. The Morgan fingerprint density at radius 2 is 1.21 bits per heavy atom. The molecule has 0 radical (unpaired) electrons. The van der Waals surface area contributed by atoms with Crippen LogP contribution in [-0.2, 0) is 0 Å². The molecule has 0 saturated heterocycles. The van der Waals surface area contributed by atoms with Crippen molar-refractivity contribution in [2.75, 3.05) is 0 Å². The second kappa shape index (κ2) is 4.00. The van der Waals surface area contributed by atoms with Gasteiger partial charge in [-0.05, 0) is 45.7 Å². The number of nitrogens with zero attached hydrogens (tertiary/aromatic N) is 2. The quantitative estimate of drug-likeness (QED) is 0.758. The van der Waals surface area contributed by atoms with E-state index in [2.05, 4.69) is 41.8 Å². The van der Waals surface area contributed by atoms with Crippen LogP contribution in [0.5, 0.6) is 0 Å². The molecule has 74 valence electrons. The van der Waals surface area contributed by atoms with Crippen LogP contribution >= 0.6 is 54.5 Å². The highest BCUT2D eigenvalue weighted by Gasteiger charge is 2.12. The lowest BCUT2D eigenvalue weighted by Crippen LogP contribution is -1.76. The normalized spacial score (nSPS) is 10.9. The minimum atomic E-state index is 0.980. The van der Waals surface area contributed by atoms with E-state index in [4.69, 9.17) is 0 Å². The van der Waals surface area contributed by atoms with Crippen molar-refractivity contribution < 1.29 is 0 Å². The van der Waals surface area contributed by atoms with Crippen LogP contribution in [0.3, 0.4) is 0 Å². The first-order valence-electron chi connectivity index (χ1n) is 3.84. The van der Waals surface area contributed by atoms with Gasteiger partial charge in [0.15, 0.2) is 10.0 Å². The predicted molar refractivity (Wildman–Crippen MR) is 68.1 cm³/mol. The lowest BCUT2D eigenvalue weighted by Gasteiger charge is -1.84. The molecule has 2 rings (SSSR count). The molecule has 2 aromatic heterocycles. The van der Waals surface area contributed by atoms with Crippen LogP contribution in [0.1, 0.15) is 11.4 Å². The molecule has 0 fully saturated rings. The Balaban J connectivity index is 2.49. The first-order valence-corrected chi connectivity index (χ1v) is 7.06. The third-order valence-corrected chi connectivity index (χ3v) is 5.82. The number of aromatic nitrogens is 2. The zero-order valence-corrected chi connectivity index (χ0v) is 12.3. The van der Waals surface area contributed by atoms with E-state index in [1.165, 1.54) is 0 Å². The van der Waals surface area contributed by atoms with Crippen molar-refractivity contribution in [3.8, 4) is 10.0 Å². The second-order valence-corrected chi connectivity index (χ2v) is 7.39. The van der Waals surface area contributed by atoms with Gasteiger partial charge in [0, 0.05) is 0 Å². The molecule has 0 amide bonds. The van der Waals surface area contributed by atoms with Gasteiger partial charge < -0.3 is 0 Å². The van der Waals surface area contributed by atoms with Gasteiger partial charge in [-0.2, -0.15) is 0 Å². The molecule has 0 aliphatic carbocycles. The maximum Gasteiger partial charge on any atom is 0.153 e. The summed E-state index contributed by atoms with van der Waals surface area (Å²) in [6.45, 7) is 3.97. The summed E-state index contributed by atoms with van der Waals surface area (Å²) in [7, 11) is 0. The third-order valence-electron chi connectivity index (χ3n) is 1.66. The Bertz CT molecular complexity index is 392. The highest BCUT2D eigenvalue weighted by molar-refractivity contribution is 9.11. The minimum absolute atomic E-state index is 0.980. The second-order valence-electron chi connectivity index (χ2n) is 2.76. The molecule has 2 aromatic rings. The number of thiazole rings is 2. The minimum Gasteiger partial charge on any atom is -0.238 e. The Morgan fingerprint density at radius 3 is 1.43 bits per heavy atom. The molecular weight excluding hydrogens is 348 g/mol. The summed E-state index contributed by atoms with van der Waals surface area (Å²) in [4.78, 5) is 8.87. The molecule has 2 nitrogen and oxygen atoms in total. The van der Waals surface area contributed by atoms with Crippen LogP contribution in [-0.4, -0.2) is 9.97 Å². The highest BCUT2D eigenvalue weighted by atomic mass is 79.9. The molecule has 0 atom stereocenters. The Morgan fingerprint density at radius 1 is 0.857 bits per heavy atom. The number of hydrogen-bond acceptors (Lipinski definition) is 4. The first kappa shape index (κ1) is 10.7. The van der Waals surface area contributed by atoms with Gasteiger partial charge in [-0.1, -0.05) is 0 Å². The standard InChI is InChI=1S/C8H6Br2N2S2/c1-3-5(9)13-7(11-3)8-12-4(2)6(10)14-8/h1-2H3. The third kappa shape index (κ3) is 1.93. The molecule has 0 aliphatic rings. The largest absolute Gasteiger partial charge is 0.238 e. The van der Waals surface area contributed by atoms with Gasteiger partial charge in [-0.25, -0.2) is 9.97 Å². The van der Waals surface area contributed by atoms with Crippen molar-refractivity contribution in [3.63, 3.8) is 0 Å². The average molecular weight is 354 g/mol.